The molecule has 1 aliphatic rings. The van der Waals surface area contributed by atoms with Gasteiger partial charge in [-0.05, 0) is 42.5 Å². The molecule has 0 amide bonds. The number of piperidine rings is 1. The van der Waals surface area contributed by atoms with Crippen molar-refractivity contribution in [1.29, 1.82) is 5.26 Å². The van der Waals surface area contributed by atoms with Gasteiger partial charge >= 0.3 is 0 Å². The second-order valence-electron chi connectivity index (χ2n) is 7.54. The van der Waals surface area contributed by atoms with Crippen molar-refractivity contribution in [2.24, 2.45) is 0 Å². The Labute approximate surface area is 193 Å². The van der Waals surface area contributed by atoms with E-state index in [0.29, 0.717) is 16.7 Å². The Morgan fingerprint density at radius 2 is 2.00 bits per heavy atom. The molecule has 1 N–H and O–H groups in total. The van der Waals surface area contributed by atoms with Crippen LogP contribution >= 0.6 is 12.8 Å². The molecule has 0 bridgehead atoms. The number of aromatic nitrogens is 1. The first kappa shape index (κ1) is 25.7. The molecule has 0 aliphatic carbocycles. The van der Waals surface area contributed by atoms with Gasteiger partial charge in [-0.25, -0.2) is 8.78 Å². The van der Waals surface area contributed by atoms with Gasteiger partial charge in [0.1, 0.15) is 24.0 Å². The van der Waals surface area contributed by atoms with Crippen LogP contribution in [-0.2, 0) is 0 Å². The number of rotatable bonds is 7. The van der Waals surface area contributed by atoms with E-state index in [1.54, 1.807) is 31.1 Å². The van der Waals surface area contributed by atoms with Crippen molar-refractivity contribution in [1.82, 2.24) is 14.2 Å². The zero-order valence-electron chi connectivity index (χ0n) is 18.9. The van der Waals surface area contributed by atoms with E-state index in [-0.39, 0.29) is 17.2 Å². The maximum Gasteiger partial charge on any atom is 0.272 e. The number of benzene rings is 1. The Morgan fingerprint density at radius 3 is 2.56 bits per heavy atom. The van der Waals surface area contributed by atoms with Gasteiger partial charge < -0.3 is 14.6 Å². The number of fused-ring (bicyclic) bond motifs is 1. The lowest BCUT2D eigenvalue weighted by atomic mass is 9.89. The Bertz CT molecular complexity index is 990. The van der Waals surface area contributed by atoms with Gasteiger partial charge in [0, 0.05) is 44.3 Å². The molecule has 2 heterocycles. The third-order valence-corrected chi connectivity index (χ3v) is 5.42. The van der Waals surface area contributed by atoms with Crippen molar-refractivity contribution in [2.75, 3.05) is 33.8 Å². The molecular formula is C23H30F2N4O2S. The molecule has 9 heteroatoms. The standard InChI is InChI=1S/C21H24F2N4O2S.C2H6/c1-26(2)11-15(10-24)21(28)18-7-14-8-19(29-12-20(22)23)16(9-17(14)25-18)13-3-5-27(30)6-4-13;1-2/h7-9,11,13,20,25,30H,3-6,12H2,1-2H3;1-2H3/b15-11+;. The van der Waals surface area contributed by atoms with Crippen LogP contribution in [-0.4, -0.2) is 60.2 Å². The van der Waals surface area contributed by atoms with Crippen molar-refractivity contribution in [3.8, 4) is 11.8 Å². The molecule has 1 aromatic heterocycles. The Morgan fingerprint density at radius 1 is 1.34 bits per heavy atom. The van der Waals surface area contributed by atoms with E-state index in [9.17, 15) is 18.8 Å². The van der Waals surface area contributed by atoms with Gasteiger partial charge in [-0.2, -0.15) is 5.26 Å². The number of hydrogen-bond donors (Lipinski definition) is 2. The first-order chi connectivity index (χ1) is 15.3. The van der Waals surface area contributed by atoms with Crippen LogP contribution in [0.15, 0.2) is 30.0 Å². The summed E-state index contributed by atoms with van der Waals surface area (Å²) < 4.78 is 32.9. The first-order valence-electron chi connectivity index (χ1n) is 10.6. The smallest absolute Gasteiger partial charge is 0.272 e. The summed E-state index contributed by atoms with van der Waals surface area (Å²) in [7, 11) is 3.45. The lowest BCUT2D eigenvalue weighted by Gasteiger charge is -2.29. The van der Waals surface area contributed by atoms with E-state index in [1.807, 2.05) is 30.3 Å². The fourth-order valence-electron chi connectivity index (χ4n) is 3.61. The third-order valence-electron chi connectivity index (χ3n) is 5.02. The number of ketones is 1. The number of allylic oxidation sites excluding steroid dienone is 1. The number of nitrogens with one attached hydrogen (secondary N) is 1. The van der Waals surface area contributed by atoms with Gasteiger partial charge in [-0.1, -0.05) is 26.7 Å². The average molecular weight is 465 g/mol. The van der Waals surface area contributed by atoms with E-state index in [4.69, 9.17) is 4.74 Å². The largest absolute Gasteiger partial charge is 0.487 e. The summed E-state index contributed by atoms with van der Waals surface area (Å²) in [4.78, 5) is 17.4. The fourth-order valence-corrected chi connectivity index (χ4v) is 3.85. The molecule has 6 nitrogen and oxygen atoms in total. The quantitative estimate of drug-likeness (QED) is 0.261. The number of alkyl halides is 2. The number of thiol groups is 1. The van der Waals surface area contributed by atoms with Gasteiger partial charge in [0.2, 0.25) is 5.78 Å². The van der Waals surface area contributed by atoms with Crippen molar-refractivity contribution >= 4 is 29.5 Å². The molecule has 3 rings (SSSR count). The van der Waals surface area contributed by atoms with Crippen LogP contribution < -0.4 is 4.74 Å². The van der Waals surface area contributed by atoms with Crippen molar-refractivity contribution in [2.45, 2.75) is 39.0 Å². The normalized spacial score (nSPS) is 15.3. The van der Waals surface area contributed by atoms with Crippen LogP contribution in [0, 0.1) is 11.3 Å². The number of hydrogen-bond acceptors (Lipinski definition) is 6. The number of nitrogens with zero attached hydrogens (tertiary/aromatic N) is 3. The number of carbonyl (C=O) groups is 1. The van der Waals surface area contributed by atoms with Crippen LogP contribution in [0.3, 0.4) is 0 Å². The number of carbonyl (C=O) groups excluding carboxylic acids is 1. The highest BCUT2D eigenvalue weighted by molar-refractivity contribution is 7.77. The SMILES string of the molecule is CC.CN(C)/C=C(\C#N)C(=O)c1cc2cc(OCC(F)F)c(C3CCN(S)CC3)cc2[nH]1. The van der Waals surface area contributed by atoms with E-state index in [1.165, 1.54) is 6.20 Å². The molecule has 2 aromatic rings. The van der Waals surface area contributed by atoms with Crippen LogP contribution in [0.4, 0.5) is 8.78 Å². The molecular weight excluding hydrogens is 434 g/mol. The summed E-state index contributed by atoms with van der Waals surface area (Å²) in [5.74, 6) is 0.126. The predicted octanol–water partition coefficient (Wildman–Crippen LogP) is 5.01. The molecule has 1 saturated heterocycles. The van der Waals surface area contributed by atoms with Gasteiger partial charge in [0.15, 0.2) is 0 Å². The Kier molecular flexibility index (Phi) is 9.54. The highest BCUT2D eigenvalue weighted by Crippen LogP contribution is 2.38. The van der Waals surface area contributed by atoms with E-state index in [2.05, 4.69) is 17.8 Å². The van der Waals surface area contributed by atoms with E-state index < -0.39 is 18.8 Å². The molecule has 1 aliphatic heterocycles. The Balaban J connectivity index is 0.00000176. The second kappa shape index (κ2) is 11.9. The molecule has 0 unspecified atom stereocenters. The molecule has 0 saturated carbocycles. The average Bonchev–Trinajstić information content (AvgIpc) is 3.19. The minimum absolute atomic E-state index is 0.00195. The lowest BCUT2D eigenvalue weighted by molar-refractivity contribution is 0.0811. The van der Waals surface area contributed by atoms with Gasteiger partial charge in [0.25, 0.3) is 6.43 Å². The summed E-state index contributed by atoms with van der Waals surface area (Å²) in [6.07, 6.45) is 0.542. The second-order valence-corrected chi connectivity index (χ2v) is 8.10. The van der Waals surface area contributed by atoms with Gasteiger partial charge in [-0.15, -0.1) is 0 Å². The fraction of sp³-hybridized carbons (Fsp3) is 0.478. The maximum atomic E-state index is 12.8. The molecule has 32 heavy (non-hydrogen) atoms. The molecule has 1 aromatic carbocycles. The van der Waals surface area contributed by atoms with Crippen LogP contribution in [0.25, 0.3) is 10.9 Å². The summed E-state index contributed by atoms with van der Waals surface area (Å²) >= 11 is 4.37. The van der Waals surface area contributed by atoms with E-state index >= 15 is 0 Å². The monoisotopic (exact) mass is 464 g/mol. The minimum atomic E-state index is -2.58. The minimum Gasteiger partial charge on any atom is -0.487 e. The van der Waals surface area contributed by atoms with E-state index in [0.717, 1.165) is 31.5 Å². The summed E-state index contributed by atoms with van der Waals surface area (Å²) in [6, 6.07) is 7.09. The molecule has 0 radical (unpaired) electrons. The lowest BCUT2D eigenvalue weighted by Crippen LogP contribution is -2.25. The van der Waals surface area contributed by atoms with Gasteiger partial charge in [0.05, 0.1) is 5.69 Å². The van der Waals surface area contributed by atoms with Crippen molar-refractivity contribution in [3.63, 3.8) is 0 Å². The zero-order chi connectivity index (χ0) is 23.8. The number of H-pyrrole nitrogens is 1. The summed E-state index contributed by atoms with van der Waals surface area (Å²) in [5.41, 5.74) is 1.81. The predicted molar refractivity (Wildman–Crippen MR) is 125 cm³/mol. The van der Waals surface area contributed by atoms with Crippen LogP contribution in [0.5, 0.6) is 5.75 Å². The number of ether oxygens (including phenoxy) is 1. The first-order valence-corrected chi connectivity index (χ1v) is 11.0. The number of halogens is 2. The highest BCUT2D eigenvalue weighted by atomic mass is 32.1. The van der Waals surface area contributed by atoms with Gasteiger partial charge in [-0.3, -0.25) is 9.10 Å². The molecule has 174 valence electrons. The number of Topliss-reactive ketones (excluding diaryl/α,β-unsaturated/α-hetero) is 1. The molecule has 1 fully saturated rings. The summed E-state index contributed by atoms with van der Waals surface area (Å²) in [6.45, 7) is 4.88. The van der Waals surface area contributed by atoms with Crippen molar-refractivity contribution < 1.29 is 18.3 Å². The number of aromatic amines is 1. The molecule has 0 spiro atoms. The maximum absolute atomic E-state index is 12.8. The zero-order valence-corrected chi connectivity index (χ0v) is 19.8. The Hall–Kier alpha value is -2.57. The molecule has 0 atom stereocenters. The third kappa shape index (κ3) is 6.47. The summed E-state index contributed by atoms with van der Waals surface area (Å²) in [5, 5.41) is 9.97. The van der Waals surface area contributed by atoms with Crippen molar-refractivity contribution in [3.05, 3.63) is 41.2 Å². The topological polar surface area (TPSA) is 72.4 Å². The number of nitriles is 1. The van der Waals surface area contributed by atoms with Crippen LogP contribution in [0.2, 0.25) is 0 Å². The highest BCUT2D eigenvalue weighted by Gasteiger charge is 2.24. The van der Waals surface area contributed by atoms with Crippen LogP contribution in [0.1, 0.15) is 48.7 Å².